The molecule has 1 aromatic rings. The van der Waals surface area contributed by atoms with Crippen LogP contribution in [0.3, 0.4) is 0 Å². The third-order valence-corrected chi connectivity index (χ3v) is 4.07. The summed E-state index contributed by atoms with van der Waals surface area (Å²) >= 11 is 3.18. The smallest absolute Gasteiger partial charge is 0.238 e. The zero-order valence-corrected chi connectivity index (χ0v) is 14.1. The van der Waals surface area contributed by atoms with E-state index in [1.54, 1.807) is 12.1 Å². The normalized spacial score (nSPS) is 18.9. The van der Waals surface area contributed by atoms with Gasteiger partial charge in [0.25, 0.3) is 0 Å². The minimum atomic E-state index is -0.443. The lowest BCUT2D eigenvalue weighted by atomic mass is 10.0. The Morgan fingerprint density at radius 2 is 2.24 bits per heavy atom. The Labute approximate surface area is 138 Å². The van der Waals surface area contributed by atoms with Crippen molar-refractivity contribution in [1.29, 1.82) is 0 Å². The molecule has 1 aliphatic rings. The predicted octanol–water partition coefficient (Wildman–Crippen LogP) is 2.76. The van der Waals surface area contributed by atoms with E-state index in [0.717, 1.165) is 25.8 Å². The van der Waals surface area contributed by atoms with Crippen LogP contribution >= 0.6 is 28.3 Å². The Hall–Kier alpha value is -0.690. The molecule has 4 nitrogen and oxygen atoms in total. The highest BCUT2D eigenvalue weighted by atomic mass is 79.9. The monoisotopic (exact) mass is 379 g/mol. The highest BCUT2D eigenvalue weighted by Gasteiger charge is 2.23. The van der Waals surface area contributed by atoms with Gasteiger partial charge < -0.3 is 11.1 Å². The Bertz CT molecular complexity index is 489. The number of amides is 1. The van der Waals surface area contributed by atoms with Crippen molar-refractivity contribution in [1.82, 2.24) is 4.90 Å². The molecular weight excluding hydrogens is 361 g/mol. The number of hydrogen-bond acceptors (Lipinski definition) is 3. The molecule has 2 rings (SSSR count). The van der Waals surface area contributed by atoms with Gasteiger partial charge in [-0.05, 0) is 37.6 Å². The van der Waals surface area contributed by atoms with Crippen LogP contribution in [0.1, 0.15) is 19.3 Å². The molecule has 0 radical (unpaired) electrons. The molecule has 1 amide bonds. The minimum absolute atomic E-state index is 0. The van der Waals surface area contributed by atoms with E-state index in [9.17, 15) is 9.18 Å². The van der Waals surface area contributed by atoms with Gasteiger partial charge >= 0.3 is 0 Å². The van der Waals surface area contributed by atoms with Crippen molar-refractivity contribution >= 4 is 39.9 Å². The second kappa shape index (κ2) is 8.68. The third-order valence-electron chi connectivity index (χ3n) is 3.57. The molecule has 1 unspecified atom stereocenters. The van der Waals surface area contributed by atoms with Crippen molar-refractivity contribution < 1.29 is 9.18 Å². The summed E-state index contributed by atoms with van der Waals surface area (Å²) < 4.78 is 14.3. The molecule has 21 heavy (non-hydrogen) atoms. The molecule has 118 valence electrons. The minimum Gasteiger partial charge on any atom is -0.329 e. The molecule has 1 aromatic carbocycles. The Kier molecular flexibility index (Phi) is 7.59. The first-order valence-electron chi connectivity index (χ1n) is 6.79. The van der Waals surface area contributed by atoms with E-state index < -0.39 is 5.82 Å². The first-order valence-corrected chi connectivity index (χ1v) is 7.58. The van der Waals surface area contributed by atoms with Gasteiger partial charge in [-0.3, -0.25) is 9.69 Å². The number of carbonyl (C=O) groups is 1. The first kappa shape index (κ1) is 18.4. The van der Waals surface area contributed by atoms with Gasteiger partial charge in [0.1, 0.15) is 5.82 Å². The fourth-order valence-electron chi connectivity index (χ4n) is 2.50. The maximum absolute atomic E-state index is 13.7. The number of carbonyl (C=O) groups excluding carboxylic acids is 1. The number of nitrogens with one attached hydrogen (secondary N) is 1. The lowest BCUT2D eigenvalue weighted by Gasteiger charge is -2.34. The molecule has 1 aliphatic heterocycles. The molecule has 0 saturated carbocycles. The van der Waals surface area contributed by atoms with Gasteiger partial charge in [-0.2, -0.15) is 0 Å². The maximum Gasteiger partial charge on any atom is 0.238 e. The van der Waals surface area contributed by atoms with Crippen LogP contribution in [0.2, 0.25) is 0 Å². The molecule has 0 spiro atoms. The Balaban J connectivity index is 0.00000220. The SMILES string of the molecule is Cl.NCC1CCCCN1CC(=O)Nc1ccc(Br)cc1F. The summed E-state index contributed by atoms with van der Waals surface area (Å²) in [6, 6.07) is 4.83. The van der Waals surface area contributed by atoms with Crippen molar-refractivity contribution in [2.24, 2.45) is 5.73 Å². The molecule has 7 heteroatoms. The molecular formula is C14H20BrClFN3O. The summed E-state index contributed by atoms with van der Waals surface area (Å²) in [5.74, 6) is -0.645. The third kappa shape index (κ3) is 5.21. The first-order chi connectivity index (χ1) is 9.60. The van der Waals surface area contributed by atoms with Gasteiger partial charge in [-0.1, -0.05) is 22.4 Å². The number of nitrogens with zero attached hydrogens (tertiary/aromatic N) is 1. The van der Waals surface area contributed by atoms with Crippen molar-refractivity contribution in [2.75, 3.05) is 25.0 Å². The van der Waals surface area contributed by atoms with Crippen molar-refractivity contribution in [3.05, 3.63) is 28.5 Å². The summed E-state index contributed by atoms with van der Waals surface area (Å²) in [6.07, 6.45) is 3.26. The summed E-state index contributed by atoms with van der Waals surface area (Å²) in [5, 5.41) is 2.61. The quantitative estimate of drug-likeness (QED) is 0.844. The van der Waals surface area contributed by atoms with E-state index in [2.05, 4.69) is 26.1 Å². The molecule has 1 atom stereocenters. The molecule has 0 bridgehead atoms. The van der Waals surface area contributed by atoms with Gasteiger partial charge in [-0.25, -0.2) is 4.39 Å². The second-order valence-corrected chi connectivity index (χ2v) is 5.94. The fourth-order valence-corrected chi connectivity index (χ4v) is 2.83. The summed E-state index contributed by atoms with van der Waals surface area (Å²) in [5.41, 5.74) is 5.93. The number of nitrogens with two attached hydrogens (primary N) is 1. The molecule has 1 saturated heterocycles. The van der Waals surface area contributed by atoms with E-state index in [1.165, 1.54) is 6.07 Å². The van der Waals surface area contributed by atoms with Gasteiger partial charge in [0.2, 0.25) is 5.91 Å². The van der Waals surface area contributed by atoms with Crippen LogP contribution in [0.25, 0.3) is 0 Å². The molecule has 3 N–H and O–H groups in total. The highest BCUT2D eigenvalue weighted by Crippen LogP contribution is 2.20. The number of likely N-dealkylation sites (tertiary alicyclic amines) is 1. The van der Waals surface area contributed by atoms with E-state index in [4.69, 9.17) is 5.73 Å². The van der Waals surface area contributed by atoms with Crippen LogP contribution in [-0.2, 0) is 4.79 Å². The zero-order valence-electron chi connectivity index (χ0n) is 11.6. The van der Waals surface area contributed by atoms with E-state index in [0.29, 0.717) is 11.0 Å². The second-order valence-electron chi connectivity index (χ2n) is 5.03. The van der Waals surface area contributed by atoms with Crippen LogP contribution in [0, 0.1) is 5.82 Å². The molecule has 1 fully saturated rings. The Morgan fingerprint density at radius 3 is 2.90 bits per heavy atom. The van der Waals surface area contributed by atoms with Gasteiger partial charge in [0, 0.05) is 17.1 Å². The highest BCUT2D eigenvalue weighted by molar-refractivity contribution is 9.10. The Morgan fingerprint density at radius 1 is 1.48 bits per heavy atom. The number of benzene rings is 1. The van der Waals surface area contributed by atoms with Gasteiger partial charge in [-0.15, -0.1) is 12.4 Å². The number of anilines is 1. The number of piperidine rings is 1. The van der Waals surface area contributed by atoms with Gasteiger partial charge in [0.05, 0.1) is 12.2 Å². The van der Waals surface area contributed by atoms with Crippen molar-refractivity contribution in [3.8, 4) is 0 Å². The lowest BCUT2D eigenvalue weighted by molar-refractivity contribution is -0.118. The van der Waals surface area contributed by atoms with Crippen molar-refractivity contribution in [2.45, 2.75) is 25.3 Å². The molecule has 0 aliphatic carbocycles. The molecule has 0 aromatic heterocycles. The van der Waals surface area contributed by atoms with E-state index >= 15 is 0 Å². The maximum atomic E-state index is 13.7. The summed E-state index contributed by atoms with van der Waals surface area (Å²) in [7, 11) is 0. The number of hydrogen-bond donors (Lipinski definition) is 2. The molecule has 1 heterocycles. The summed E-state index contributed by atoms with van der Waals surface area (Å²) in [6.45, 7) is 1.69. The van der Waals surface area contributed by atoms with Crippen LogP contribution in [0.15, 0.2) is 22.7 Å². The lowest BCUT2D eigenvalue weighted by Crippen LogP contribution is -2.47. The number of halogens is 3. The van der Waals surface area contributed by atoms with Crippen LogP contribution in [-0.4, -0.2) is 36.5 Å². The average Bonchev–Trinajstić information content (AvgIpc) is 2.42. The zero-order chi connectivity index (χ0) is 14.5. The average molecular weight is 381 g/mol. The summed E-state index contributed by atoms with van der Waals surface area (Å²) in [4.78, 5) is 14.1. The predicted molar refractivity (Wildman–Crippen MR) is 88.2 cm³/mol. The van der Waals surface area contributed by atoms with Crippen LogP contribution < -0.4 is 11.1 Å². The van der Waals surface area contributed by atoms with Gasteiger partial charge in [0.15, 0.2) is 0 Å². The van der Waals surface area contributed by atoms with Crippen LogP contribution in [0.5, 0.6) is 0 Å². The largest absolute Gasteiger partial charge is 0.329 e. The van der Waals surface area contributed by atoms with E-state index in [-0.39, 0.29) is 36.6 Å². The topological polar surface area (TPSA) is 58.4 Å². The van der Waals surface area contributed by atoms with E-state index in [1.807, 2.05) is 0 Å². The van der Waals surface area contributed by atoms with Crippen LogP contribution in [0.4, 0.5) is 10.1 Å². The van der Waals surface area contributed by atoms with Crippen molar-refractivity contribution in [3.63, 3.8) is 0 Å². The standard InChI is InChI=1S/C14H19BrFN3O.ClH/c15-10-4-5-13(12(16)7-10)18-14(20)9-19-6-2-1-3-11(19)8-17;/h4-5,7,11H,1-3,6,8-9,17H2,(H,18,20);1H. The fraction of sp³-hybridized carbons (Fsp3) is 0.500. The number of rotatable bonds is 4.